The van der Waals surface area contributed by atoms with Crippen LogP contribution < -0.4 is 10.1 Å². The van der Waals surface area contributed by atoms with E-state index < -0.39 is 0 Å². The zero-order valence-corrected chi connectivity index (χ0v) is 14.0. The van der Waals surface area contributed by atoms with Crippen LogP contribution in [0.3, 0.4) is 0 Å². The van der Waals surface area contributed by atoms with Gasteiger partial charge in [0.1, 0.15) is 5.75 Å². The Balaban J connectivity index is 1.87. The monoisotopic (exact) mass is 356 g/mol. The summed E-state index contributed by atoms with van der Waals surface area (Å²) in [5.74, 6) is 0.809. The van der Waals surface area contributed by atoms with Crippen LogP contribution in [0.15, 0.2) is 22.7 Å². The number of piperidine rings is 1. The molecule has 1 amide bonds. The van der Waals surface area contributed by atoms with Gasteiger partial charge in [0.05, 0.1) is 18.2 Å². The number of hydrogen-bond acceptors (Lipinski definition) is 4. The van der Waals surface area contributed by atoms with E-state index in [-0.39, 0.29) is 6.09 Å². The summed E-state index contributed by atoms with van der Waals surface area (Å²) in [5.41, 5.74) is 1.03. The van der Waals surface area contributed by atoms with Crippen LogP contribution in [0.5, 0.6) is 5.75 Å². The fourth-order valence-electron chi connectivity index (χ4n) is 2.41. The number of anilines is 1. The van der Waals surface area contributed by atoms with Crippen LogP contribution in [0.25, 0.3) is 0 Å². The SMILES string of the molecule is CCOC(=O)N1CCC(Nc2ccc(Br)c(OC)c2)CC1. The van der Waals surface area contributed by atoms with Crippen molar-refractivity contribution in [3.05, 3.63) is 22.7 Å². The number of rotatable bonds is 4. The van der Waals surface area contributed by atoms with Crippen molar-refractivity contribution in [2.45, 2.75) is 25.8 Å². The Morgan fingerprint density at radius 3 is 2.76 bits per heavy atom. The topological polar surface area (TPSA) is 50.8 Å². The Morgan fingerprint density at radius 2 is 2.14 bits per heavy atom. The largest absolute Gasteiger partial charge is 0.495 e. The number of carbonyl (C=O) groups excluding carboxylic acids is 1. The molecule has 1 aliphatic heterocycles. The molecule has 1 fully saturated rings. The Labute approximate surface area is 133 Å². The average molecular weight is 357 g/mol. The second kappa shape index (κ2) is 7.54. The predicted molar refractivity (Wildman–Crippen MR) is 85.9 cm³/mol. The summed E-state index contributed by atoms with van der Waals surface area (Å²) < 4.78 is 11.3. The molecule has 6 heteroatoms. The Morgan fingerprint density at radius 1 is 1.43 bits per heavy atom. The van der Waals surface area contributed by atoms with Crippen molar-refractivity contribution in [1.82, 2.24) is 4.90 Å². The summed E-state index contributed by atoms with van der Waals surface area (Å²) in [6.45, 7) is 3.71. The van der Waals surface area contributed by atoms with Gasteiger partial charge in [-0.05, 0) is 47.8 Å². The summed E-state index contributed by atoms with van der Waals surface area (Å²) >= 11 is 3.44. The van der Waals surface area contributed by atoms with Crippen molar-refractivity contribution >= 4 is 27.7 Å². The van der Waals surface area contributed by atoms with Crippen LogP contribution in [0.1, 0.15) is 19.8 Å². The van der Waals surface area contributed by atoms with Gasteiger partial charge in [-0.25, -0.2) is 4.79 Å². The smallest absolute Gasteiger partial charge is 0.409 e. The van der Waals surface area contributed by atoms with Gasteiger partial charge in [-0.3, -0.25) is 0 Å². The number of nitrogens with zero attached hydrogens (tertiary/aromatic N) is 1. The number of nitrogens with one attached hydrogen (secondary N) is 1. The summed E-state index contributed by atoms with van der Waals surface area (Å²) in [5, 5.41) is 3.49. The first-order valence-electron chi connectivity index (χ1n) is 7.15. The summed E-state index contributed by atoms with van der Waals surface area (Å²) in [7, 11) is 1.65. The minimum Gasteiger partial charge on any atom is -0.495 e. The van der Waals surface area contributed by atoms with Crippen LogP contribution in [0, 0.1) is 0 Å². The molecule has 0 aromatic heterocycles. The molecule has 0 aliphatic carbocycles. The zero-order valence-electron chi connectivity index (χ0n) is 12.4. The first kappa shape index (κ1) is 15.9. The van der Waals surface area contributed by atoms with Crippen molar-refractivity contribution in [3.8, 4) is 5.75 Å². The van der Waals surface area contributed by atoms with Crippen LogP contribution >= 0.6 is 15.9 Å². The van der Waals surface area contributed by atoms with E-state index in [9.17, 15) is 4.79 Å². The fourth-order valence-corrected chi connectivity index (χ4v) is 2.81. The minimum atomic E-state index is -0.207. The number of methoxy groups -OCH3 is 1. The maximum absolute atomic E-state index is 11.6. The molecule has 1 aromatic rings. The molecular weight excluding hydrogens is 336 g/mol. The van der Waals surface area contributed by atoms with Gasteiger partial charge < -0.3 is 19.7 Å². The Bertz CT molecular complexity index is 488. The van der Waals surface area contributed by atoms with Crippen LogP contribution in [0.4, 0.5) is 10.5 Å². The Hall–Kier alpha value is -1.43. The molecule has 2 rings (SSSR count). The van der Waals surface area contributed by atoms with Crippen molar-refractivity contribution in [2.24, 2.45) is 0 Å². The molecule has 0 saturated carbocycles. The average Bonchev–Trinajstić information content (AvgIpc) is 2.50. The summed E-state index contributed by atoms with van der Waals surface area (Å²) in [6.07, 6.45) is 1.62. The van der Waals surface area contributed by atoms with Gasteiger partial charge in [-0.15, -0.1) is 0 Å². The normalized spacial score (nSPS) is 15.7. The van der Waals surface area contributed by atoms with Gasteiger partial charge in [0.25, 0.3) is 0 Å². The molecule has 1 aliphatic rings. The summed E-state index contributed by atoms with van der Waals surface area (Å²) in [6, 6.07) is 6.32. The van der Waals surface area contributed by atoms with E-state index in [2.05, 4.69) is 21.2 Å². The third-order valence-electron chi connectivity index (χ3n) is 3.54. The first-order valence-corrected chi connectivity index (χ1v) is 7.95. The van der Waals surface area contributed by atoms with Gasteiger partial charge in [-0.2, -0.15) is 0 Å². The molecule has 21 heavy (non-hydrogen) atoms. The third kappa shape index (κ3) is 4.27. The van der Waals surface area contributed by atoms with Crippen LogP contribution in [0.2, 0.25) is 0 Å². The van der Waals surface area contributed by atoms with Gasteiger partial charge in [0, 0.05) is 30.9 Å². The number of carbonyl (C=O) groups is 1. The highest BCUT2D eigenvalue weighted by Crippen LogP contribution is 2.29. The molecule has 0 spiro atoms. The van der Waals surface area contributed by atoms with E-state index in [0.29, 0.717) is 12.6 Å². The van der Waals surface area contributed by atoms with Crippen LogP contribution in [-0.2, 0) is 4.74 Å². The maximum atomic E-state index is 11.6. The van der Waals surface area contributed by atoms with Gasteiger partial charge in [0.2, 0.25) is 0 Å². The molecule has 0 radical (unpaired) electrons. The zero-order chi connectivity index (χ0) is 15.2. The van der Waals surface area contributed by atoms with Gasteiger partial charge in [0.15, 0.2) is 0 Å². The summed E-state index contributed by atoms with van der Waals surface area (Å²) in [4.78, 5) is 13.4. The van der Waals surface area contributed by atoms with Crippen molar-refractivity contribution in [1.29, 1.82) is 0 Å². The molecule has 116 valence electrons. The predicted octanol–water partition coefficient (Wildman–Crippen LogP) is 3.49. The third-order valence-corrected chi connectivity index (χ3v) is 4.20. The highest BCUT2D eigenvalue weighted by molar-refractivity contribution is 9.10. The lowest BCUT2D eigenvalue weighted by Gasteiger charge is -2.32. The van der Waals surface area contributed by atoms with E-state index >= 15 is 0 Å². The van der Waals surface area contributed by atoms with E-state index in [1.54, 1.807) is 12.0 Å². The van der Waals surface area contributed by atoms with Gasteiger partial charge in [-0.1, -0.05) is 0 Å². The number of ether oxygens (including phenoxy) is 2. The molecule has 1 N–H and O–H groups in total. The minimum absolute atomic E-state index is 0.207. The molecule has 0 atom stereocenters. The lowest BCUT2D eigenvalue weighted by atomic mass is 10.1. The number of likely N-dealkylation sites (tertiary alicyclic amines) is 1. The molecule has 5 nitrogen and oxygen atoms in total. The molecule has 0 bridgehead atoms. The maximum Gasteiger partial charge on any atom is 0.409 e. The van der Waals surface area contributed by atoms with Crippen LogP contribution in [-0.4, -0.2) is 43.8 Å². The standard InChI is InChI=1S/C15H21BrN2O3/c1-3-21-15(19)18-8-6-11(7-9-18)17-12-4-5-13(16)14(10-12)20-2/h4-5,10-11,17H,3,6-9H2,1-2H3. The van der Waals surface area contributed by atoms with Crippen molar-refractivity contribution in [2.75, 3.05) is 32.1 Å². The lowest BCUT2D eigenvalue weighted by molar-refractivity contribution is 0.0983. The van der Waals surface area contributed by atoms with Crippen molar-refractivity contribution < 1.29 is 14.3 Å². The highest BCUT2D eigenvalue weighted by Gasteiger charge is 2.23. The van der Waals surface area contributed by atoms with E-state index in [4.69, 9.17) is 9.47 Å². The van der Waals surface area contributed by atoms with Gasteiger partial charge >= 0.3 is 6.09 Å². The highest BCUT2D eigenvalue weighted by atomic mass is 79.9. The van der Waals surface area contributed by atoms with E-state index in [0.717, 1.165) is 41.8 Å². The van der Waals surface area contributed by atoms with E-state index in [1.165, 1.54) is 0 Å². The Kier molecular flexibility index (Phi) is 5.73. The van der Waals surface area contributed by atoms with E-state index in [1.807, 2.05) is 25.1 Å². The second-order valence-corrected chi connectivity index (χ2v) is 5.81. The first-order chi connectivity index (χ1) is 10.1. The number of amides is 1. The van der Waals surface area contributed by atoms with Crippen molar-refractivity contribution in [3.63, 3.8) is 0 Å². The fraction of sp³-hybridized carbons (Fsp3) is 0.533. The molecular formula is C15H21BrN2O3. The lowest BCUT2D eigenvalue weighted by Crippen LogP contribution is -2.42. The molecule has 1 saturated heterocycles. The number of hydrogen-bond donors (Lipinski definition) is 1. The molecule has 0 unspecified atom stereocenters. The number of halogens is 1. The second-order valence-electron chi connectivity index (χ2n) is 4.95. The quantitative estimate of drug-likeness (QED) is 0.896. The molecule has 1 aromatic carbocycles. The molecule has 1 heterocycles. The number of benzene rings is 1.